The maximum Gasteiger partial charge on any atom is 0.316 e. The van der Waals surface area contributed by atoms with Crippen molar-refractivity contribution in [2.45, 2.75) is 25.5 Å². The van der Waals surface area contributed by atoms with Crippen LogP contribution in [-0.2, 0) is 11.3 Å². The lowest BCUT2D eigenvalue weighted by Gasteiger charge is -2.30. The van der Waals surface area contributed by atoms with Gasteiger partial charge < -0.3 is 29.4 Å². The molecule has 2 aliphatic heterocycles. The highest BCUT2D eigenvalue weighted by Crippen LogP contribution is 2.23. The molecule has 200 valence electrons. The summed E-state index contributed by atoms with van der Waals surface area (Å²) >= 11 is 0. The van der Waals surface area contributed by atoms with Gasteiger partial charge in [0, 0.05) is 65.0 Å². The Labute approximate surface area is 220 Å². The molecular weight excluding hydrogens is 490 g/mol. The zero-order chi connectivity index (χ0) is 26.3. The van der Waals surface area contributed by atoms with Gasteiger partial charge in [-0.05, 0) is 23.8 Å². The summed E-state index contributed by atoms with van der Waals surface area (Å²) in [6, 6.07) is 7.96. The Morgan fingerprint density at radius 3 is 2.58 bits per heavy atom. The maximum absolute atomic E-state index is 13.0. The molecule has 0 atom stereocenters. The number of carbonyl (C=O) groups is 2. The summed E-state index contributed by atoms with van der Waals surface area (Å²) in [6.45, 7) is 5.10. The molecular formula is C26H31N7O5. The molecule has 2 aromatic heterocycles. The molecule has 0 unspecified atom stereocenters. The Hall–Kier alpha value is -4.03. The zero-order valence-corrected chi connectivity index (χ0v) is 21.3. The van der Waals surface area contributed by atoms with Crippen LogP contribution in [0.15, 0.2) is 47.3 Å². The van der Waals surface area contributed by atoms with Gasteiger partial charge in [0.05, 0.1) is 24.5 Å². The number of rotatable bonds is 8. The van der Waals surface area contributed by atoms with Gasteiger partial charge in [0.15, 0.2) is 5.69 Å². The van der Waals surface area contributed by atoms with E-state index in [4.69, 9.17) is 13.9 Å². The SMILES string of the molecule is CNC(=O)c1cc(CN2CCOCC2)ccc1NC(=O)c1coc(N2CCC(Oc3ncccn3)CC2)n1. The number of oxazole rings is 1. The van der Waals surface area contributed by atoms with Crippen molar-refractivity contribution in [3.05, 3.63) is 59.7 Å². The number of piperidine rings is 1. The molecule has 0 radical (unpaired) electrons. The molecule has 2 saturated heterocycles. The highest BCUT2D eigenvalue weighted by Gasteiger charge is 2.25. The Morgan fingerprint density at radius 2 is 1.84 bits per heavy atom. The molecule has 12 nitrogen and oxygen atoms in total. The fourth-order valence-corrected chi connectivity index (χ4v) is 4.50. The van der Waals surface area contributed by atoms with Crippen molar-refractivity contribution in [2.24, 2.45) is 0 Å². The van der Waals surface area contributed by atoms with Crippen LogP contribution in [0.3, 0.4) is 0 Å². The molecule has 2 fully saturated rings. The Kier molecular flexibility index (Phi) is 8.09. The zero-order valence-electron chi connectivity index (χ0n) is 21.3. The van der Waals surface area contributed by atoms with Gasteiger partial charge in [-0.15, -0.1) is 0 Å². The van der Waals surface area contributed by atoms with E-state index in [0.717, 1.165) is 31.5 Å². The lowest BCUT2D eigenvalue weighted by Crippen LogP contribution is -2.38. The average Bonchev–Trinajstić information content (AvgIpc) is 3.46. The molecule has 0 spiro atoms. The largest absolute Gasteiger partial charge is 0.460 e. The second kappa shape index (κ2) is 12.0. The van der Waals surface area contributed by atoms with Gasteiger partial charge in [-0.25, -0.2) is 9.97 Å². The summed E-state index contributed by atoms with van der Waals surface area (Å²) in [5.74, 6) is -0.735. The molecule has 1 aromatic carbocycles. The Balaban J connectivity index is 1.20. The first-order valence-electron chi connectivity index (χ1n) is 12.7. The van der Waals surface area contributed by atoms with Crippen molar-refractivity contribution in [1.29, 1.82) is 0 Å². The highest BCUT2D eigenvalue weighted by atomic mass is 16.5. The van der Waals surface area contributed by atoms with Crippen LogP contribution in [0, 0.1) is 0 Å². The van der Waals surface area contributed by atoms with Crippen LogP contribution in [0.25, 0.3) is 0 Å². The van der Waals surface area contributed by atoms with E-state index >= 15 is 0 Å². The van der Waals surface area contributed by atoms with Crippen molar-refractivity contribution >= 4 is 23.5 Å². The quantitative estimate of drug-likeness (QED) is 0.453. The molecule has 2 N–H and O–H groups in total. The fourth-order valence-electron chi connectivity index (χ4n) is 4.50. The summed E-state index contributed by atoms with van der Waals surface area (Å²) in [5.41, 5.74) is 1.92. The molecule has 38 heavy (non-hydrogen) atoms. The number of ether oxygens (including phenoxy) is 2. The van der Waals surface area contributed by atoms with E-state index in [1.165, 1.54) is 6.26 Å². The monoisotopic (exact) mass is 521 g/mol. The first-order chi connectivity index (χ1) is 18.6. The molecule has 0 saturated carbocycles. The molecule has 3 aromatic rings. The Bertz CT molecular complexity index is 1240. The maximum atomic E-state index is 13.0. The number of nitrogens with zero attached hydrogens (tertiary/aromatic N) is 5. The molecule has 12 heteroatoms. The van der Waals surface area contributed by atoms with Crippen molar-refractivity contribution in [3.8, 4) is 6.01 Å². The predicted molar refractivity (Wildman–Crippen MR) is 138 cm³/mol. The molecule has 2 amide bonds. The minimum atomic E-state index is -0.453. The van der Waals surface area contributed by atoms with Crippen LogP contribution in [-0.4, -0.2) is 84.2 Å². The standard InChI is InChI=1S/C26H31N7O5/c1-27-23(34)20-15-18(16-32-11-13-36-14-12-32)3-4-21(20)30-24(35)22-17-37-26(31-22)33-9-5-19(6-10-33)38-25-28-7-2-8-29-25/h2-4,7-8,15,17,19H,5-6,9-14,16H2,1H3,(H,27,34)(H,30,35). The fraction of sp³-hybridized carbons (Fsp3) is 0.423. The van der Waals surface area contributed by atoms with Crippen LogP contribution in [0.4, 0.5) is 11.7 Å². The second-order valence-electron chi connectivity index (χ2n) is 9.15. The Morgan fingerprint density at radius 1 is 1.08 bits per heavy atom. The number of benzene rings is 1. The number of amides is 2. The number of aromatic nitrogens is 3. The molecule has 0 aliphatic carbocycles. The van der Waals surface area contributed by atoms with E-state index < -0.39 is 5.91 Å². The average molecular weight is 522 g/mol. The predicted octanol–water partition coefficient (Wildman–Crippen LogP) is 1.96. The van der Waals surface area contributed by atoms with Crippen LogP contribution >= 0.6 is 0 Å². The highest BCUT2D eigenvalue weighted by molar-refractivity contribution is 6.08. The third-order valence-electron chi connectivity index (χ3n) is 6.57. The van der Waals surface area contributed by atoms with Gasteiger partial charge >= 0.3 is 6.01 Å². The first kappa shape index (κ1) is 25.6. The van der Waals surface area contributed by atoms with Gasteiger partial charge in [-0.3, -0.25) is 14.5 Å². The van der Waals surface area contributed by atoms with E-state index in [9.17, 15) is 9.59 Å². The minimum Gasteiger partial charge on any atom is -0.460 e. The molecule has 0 bridgehead atoms. The summed E-state index contributed by atoms with van der Waals surface area (Å²) < 4.78 is 16.9. The number of morpholine rings is 1. The minimum absolute atomic E-state index is 0.000678. The van der Waals surface area contributed by atoms with E-state index in [1.54, 1.807) is 31.6 Å². The number of hydrogen-bond acceptors (Lipinski definition) is 10. The lowest BCUT2D eigenvalue weighted by atomic mass is 10.1. The van der Waals surface area contributed by atoms with Crippen LogP contribution in [0.5, 0.6) is 6.01 Å². The van der Waals surface area contributed by atoms with Crippen LogP contribution < -0.4 is 20.3 Å². The summed E-state index contributed by atoms with van der Waals surface area (Å²) in [6.07, 6.45) is 6.11. The van der Waals surface area contributed by atoms with Crippen molar-refractivity contribution < 1.29 is 23.5 Å². The van der Waals surface area contributed by atoms with E-state index in [-0.39, 0.29) is 17.7 Å². The third-order valence-corrected chi connectivity index (χ3v) is 6.57. The lowest BCUT2D eigenvalue weighted by molar-refractivity contribution is 0.0342. The first-order valence-corrected chi connectivity index (χ1v) is 12.7. The number of carbonyl (C=O) groups excluding carboxylic acids is 2. The summed E-state index contributed by atoms with van der Waals surface area (Å²) in [4.78, 5) is 42.4. The summed E-state index contributed by atoms with van der Waals surface area (Å²) in [7, 11) is 1.56. The van der Waals surface area contributed by atoms with Crippen molar-refractivity contribution in [3.63, 3.8) is 0 Å². The summed E-state index contributed by atoms with van der Waals surface area (Å²) in [5, 5.41) is 5.46. The van der Waals surface area contributed by atoms with Gasteiger partial charge in [0.1, 0.15) is 12.4 Å². The number of nitrogens with one attached hydrogen (secondary N) is 2. The van der Waals surface area contributed by atoms with Gasteiger partial charge in [0.25, 0.3) is 17.8 Å². The molecule has 2 aliphatic rings. The van der Waals surface area contributed by atoms with Gasteiger partial charge in [0.2, 0.25) is 0 Å². The molecule has 5 rings (SSSR count). The van der Waals surface area contributed by atoms with E-state index in [1.807, 2.05) is 17.0 Å². The topological polar surface area (TPSA) is 135 Å². The van der Waals surface area contributed by atoms with Gasteiger partial charge in [-0.1, -0.05) is 6.07 Å². The van der Waals surface area contributed by atoms with Crippen LogP contribution in [0.2, 0.25) is 0 Å². The molecule has 4 heterocycles. The van der Waals surface area contributed by atoms with E-state index in [0.29, 0.717) is 56.1 Å². The normalized spacial score (nSPS) is 16.7. The van der Waals surface area contributed by atoms with Gasteiger partial charge in [-0.2, -0.15) is 4.98 Å². The van der Waals surface area contributed by atoms with Crippen LogP contribution in [0.1, 0.15) is 39.3 Å². The number of hydrogen-bond donors (Lipinski definition) is 2. The third kappa shape index (κ3) is 6.26. The van der Waals surface area contributed by atoms with Crippen molar-refractivity contribution in [2.75, 3.05) is 56.7 Å². The van der Waals surface area contributed by atoms with Crippen molar-refractivity contribution in [1.82, 2.24) is 25.2 Å². The second-order valence-corrected chi connectivity index (χ2v) is 9.15. The van der Waals surface area contributed by atoms with E-state index in [2.05, 4.69) is 30.5 Å². The number of anilines is 2. The smallest absolute Gasteiger partial charge is 0.316 e.